The van der Waals surface area contributed by atoms with Crippen LogP contribution < -0.4 is 10.6 Å². The molecule has 2 unspecified atom stereocenters. The summed E-state index contributed by atoms with van der Waals surface area (Å²) in [5.41, 5.74) is 2.60. The molecule has 23 heavy (non-hydrogen) atoms. The van der Waals surface area contributed by atoms with E-state index >= 15 is 0 Å². The first-order valence-electron chi connectivity index (χ1n) is 7.93. The fourth-order valence-electron chi connectivity index (χ4n) is 3.00. The van der Waals surface area contributed by atoms with Gasteiger partial charge in [0.05, 0.1) is 22.5 Å². The zero-order chi connectivity index (χ0) is 16.6. The summed E-state index contributed by atoms with van der Waals surface area (Å²) in [6.45, 7) is 6.62. The van der Waals surface area contributed by atoms with E-state index in [0.717, 1.165) is 30.8 Å². The van der Waals surface area contributed by atoms with Crippen LogP contribution in [-0.2, 0) is 0 Å². The van der Waals surface area contributed by atoms with E-state index in [-0.39, 0.29) is 17.5 Å². The molecule has 122 valence electrons. The molecule has 1 aliphatic rings. The number of aromatic nitrogens is 2. The van der Waals surface area contributed by atoms with E-state index in [1.807, 2.05) is 13.8 Å². The Kier molecular flexibility index (Phi) is 4.26. The molecule has 1 aliphatic heterocycles. The van der Waals surface area contributed by atoms with Crippen LogP contribution in [0.4, 0.5) is 4.39 Å². The molecule has 2 N–H and O–H groups in total. The van der Waals surface area contributed by atoms with Gasteiger partial charge in [-0.2, -0.15) is 0 Å². The van der Waals surface area contributed by atoms with Gasteiger partial charge in [0.1, 0.15) is 11.3 Å². The van der Waals surface area contributed by atoms with E-state index < -0.39 is 5.82 Å². The zero-order valence-electron chi connectivity index (χ0n) is 13.6. The number of carbonyl (C=O) groups is 1. The van der Waals surface area contributed by atoms with Crippen LogP contribution in [0.2, 0.25) is 0 Å². The molecule has 5 nitrogen and oxygen atoms in total. The summed E-state index contributed by atoms with van der Waals surface area (Å²) >= 11 is 0. The number of aryl methyl sites for hydroxylation is 2. The lowest BCUT2D eigenvalue weighted by molar-refractivity contribution is 0.0926. The van der Waals surface area contributed by atoms with Crippen molar-refractivity contribution in [1.82, 2.24) is 20.6 Å². The third-order valence-electron chi connectivity index (χ3n) is 4.35. The van der Waals surface area contributed by atoms with Crippen molar-refractivity contribution in [3.05, 3.63) is 34.9 Å². The number of halogens is 1. The van der Waals surface area contributed by atoms with Gasteiger partial charge in [0.25, 0.3) is 5.91 Å². The average Bonchev–Trinajstić information content (AvgIpc) is 2.48. The van der Waals surface area contributed by atoms with Crippen LogP contribution in [0.1, 0.15) is 41.5 Å². The Hall–Kier alpha value is -2.08. The van der Waals surface area contributed by atoms with Crippen molar-refractivity contribution in [3.63, 3.8) is 0 Å². The Morgan fingerprint density at radius 2 is 2.04 bits per heavy atom. The fraction of sp³-hybridized carbons (Fsp3) is 0.471. The molecule has 0 aliphatic carbocycles. The number of hydrogen-bond donors (Lipinski definition) is 2. The smallest absolute Gasteiger partial charge is 0.253 e. The Morgan fingerprint density at radius 3 is 2.78 bits per heavy atom. The monoisotopic (exact) mass is 316 g/mol. The van der Waals surface area contributed by atoms with E-state index in [4.69, 9.17) is 0 Å². The maximum Gasteiger partial charge on any atom is 0.253 e. The average molecular weight is 316 g/mol. The lowest BCUT2D eigenvalue weighted by Crippen LogP contribution is -2.46. The van der Waals surface area contributed by atoms with Gasteiger partial charge in [-0.05, 0) is 46.2 Å². The zero-order valence-corrected chi connectivity index (χ0v) is 13.6. The number of hydrogen-bond acceptors (Lipinski definition) is 4. The molecular formula is C17H21FN4O. The first-order valence-corrected chi connectivity index (χ1v) is 7.93. The van der Waals surface area contributed by atoms with Gasteiger partial charge in [-0.15, -0.1) is 0 Å². The number of amides is 1. The summed E-state index contributed by atoms with van der Waals surface area (Å²) in [4.78, 5) is 21.4. The van der Waals surface area contributed by atoms with E-state index in [2.05, 4.69) is 27.5 Å². The normalized spacial score (nSPS) is 21.4. The van der Waals surface area contributed by atoms with Crippen LogP contribution in [-0.4, -0.2) is 34.5 Å². The van der Waals surface area contributed by atoms with Crippen molar-refractivity contribution >= 4 is 16.9 Å². The van der Waals surface area contributed by atoms with Crippen molar-refractivity contribution in [2.24, 2.45) is 0 Å². The first-order chi connectivity index (χ1) is 10.9. The van der Waals surface area contributed by atoms with Crippen molar-refractivity contribution in [2.75, 3.05) is 6.54 Å². The first kappa shape index (κ1) is 15.8. The minimum Gasteiger partial charge on any atom is -0.349 e. The lowest BCUT2D eigenvalue weighted by atomic mass is 10.00. The second-order valence-electron chi connectivity index (χ2n) is 6.27. The molecule has 0 spiro atoms. The van der Waals surface area contributed by atoms with E-state index in [1.165, 1.54) is 12.1 Å². The summed E-state index contributed by atoms with van der Waals surface area (Å²) < 4.78 is 13.9. The lowest BCUT2D eigenvalue weighted by Gasteiger charge is -2.28. The van der Waals surface area contributed by atoms with Crippen LogP contribution in [0.5, 0.6) is 0 Å². The van der Waals surface area contributed by atoms with Gasteiger partial charge in [0.15, 0.2) is 0 Å². The predicted molar refractivity (Wildman–Crippen MR) is 86.9 cm³/mol. The molecule has 6 heteroatoms. The van der Waals surface area contributed by atoms with Gasteiger partial charge >= 0.3 is 0 Å². The number of nitrogens with one attached hydrogen (secondary N) is 2. The minimum absolute atomic E-state index is 0.0940. The second-order valence-corrected chi connectivity index (χ2v) is 6.27. The third-order valence-corrected chi connectivity index (χ3v) is 4.35. The highest BCUT2D eigenvalue weighted by Crippen LogP contribution is 2.20. The van der Waals surface area contributed by atoms with E-state index in [9.17, 15) is 9.18 Å². The highest BCUT2D eigenvalue weighted by Gasteiger charge is 2.22. The highest BCUT2D eigenvalue weighted by molar-refractivity contribution is 6.04. The van der Waals surface area contributed by atoms with Crippen LogP contribution in [0.15, 0.2) is 12.1 Å². The van der Waals surface area contributed by atoms with Gasteiger partial charge in [0, 0.05) is 18.2 Å². The van der Waals surface area contributed by atoms with Gasteiger partial charge in [-0.3, -0.25) is 4.79 Å². The Bertz CT molecular complexity index is 762. The summed E-state index contributed by atoms with van der Waals surface area (Å²) in [6, 6.07) is 3.02. The Morgan fingerprint density at radius 1 is 1.30 bits per heavy atom. The molecule has 2 heterocycles. The molecule has 1 fully saturated rings. The number of fused-ring (bicyclic) bond motifs is 1. The Balaban J connectivity index is 1.94. The number of carbonyl (C=O) groups excluding carboxylic acids is 1. The van der Waals surface area contributed by atoms with E-state index in [1.54, 1.807) is 0 Å². The molecule has 1 saturated heterocycles. The number of nitrogens with zero attached hydrogens (tertiary/aromatic N) is 2. The molecule has 0 radical (unpaired) electrons. The quantitative estimate of drug-likeness (QED) is 0.892. The molecule has 2 aromatic rings. The van der Waals surface area contributed by atoms with Gasteiger partial charge < -0.3 is 10.6 Å². The highest BCUT2D eigenvalue weighted by atomic mass is 19.1. The number of piperidine rings is 1. The van der Waals surface area contributed by atoms with Crippen molar-refractivity contribution in [2.45, 2.75) is 45.7 Å². The standard InChI is InChI=1S/C17H21FN4O/c1-9-6-13(4-5-19-9)22-17(23)14-7-12(18)8-15-16(14)21-11(3)10(2)20-15/h7-9,13,19H,4-6H2,1-3H3,(H,22,23). The third kappa shape index (κ3) is 3.32. The summed E-state index contributed by atoms with van der Waals surface area (Å²) in [7, 11) is 0. The predicted octanol–water partition coefficient (Wildman–Crippen LogP) is 2.26. The molecule has 0 bridgehead atoms. The molecule has 0 saturated carbocycles. The van der Waals surface area contributed by atoms with Crippen molar-refractivity contribution in [3.8, 4) is 0 Å². The number of benzene rings is 1. The SMILES string of the molecule is Cc1nc2cc(F)cc(C(=O)NC3CCNC(C)C3)c2nc1C. The fourth-order valence-corrected chi connectivity index (χ4v) is 3.00. The maximum absolute atomic E-state index is 13.9. The second kappa shape index (κ2) is 6.20. The molecule has 1 aromatic heterocycles. The maximum atomic E-state index is 13.9. The molecule has 2 atom stereocenters. The number of rotatable bonds is 2. The topological polar surface area (TPSA) is 66.9 Å². The van der Waals surface area contributed by atoms with E-state index in [0.29, 0.717) is 17.1 Å². The minimum atomic E-state index is -0.473. The molecule has 1 amide bonds. The Labute approximate surface area is 134 Å². The molecular weight excluding hydrogens is 295 g/mol. The summed E-state index contributed by atoms with van der Waals surface area (Å²) in [5, 5.41) is 6.35. The van der Waals surface area contributed by atoms with Crippen molar-refractivity contribution < 1.29 is 9.18 Å². The van der Waals surface area contributed by atoms with Gasteiger partial charge in [-0.25, -0.2) is 14.4 Å². The largest absolute Gasteiger partial charge is 0.349 e. The molecule has 1 aromatic carbocycles. The van der Waals surface area contributed by atoms with Crippen LogP contribution in [0.3, 0.4) is 0 Å². The van der Waals surface area contributed by atoms with Gasteiger partial charge in [-0.1, -0.05) is 0 Å². The van der Waals surface area contributed by atoms with Crippen molar-refractivity contribution in [1.29, 1.82) is 0 Å². The summed E-state index contributed by atoms with van der Waals surface area (Å²) in [5.74, 6) is -0.759. The van der Waals surface area contributed by atoms with Gasteiger partial charge in [0.2, 0.25) is 0 Å². The molecule has 3 rings (SSSR count). The van der Waals surface area contributed by atoms with Crippen LogP contribution >= 0.6 is 0 Å². The van der Waals surface area contributed by atoms with Crippen LogP contribution in [0, 0.1) is 19.7 Å². The van der Waals surface area contributed by atoms with Crippen LogP contribution in [0.25, 0.3) is 11.0 Å². The summed E-state index contributed by atoms with van der Waals surface area (Å²) in [6.07, 6.45) is 1.73.